The minimum Gasteiger partial charge on any atom is -0.415 e. The first-order valence-corrected chi connectivity index (χ1v) is 4.95. The molecule has 0 atom stereocenters. The van der Waals surface area contributed by atoms with E-state index in [1.54, 1.807) is 0 Å². The van der Waals surface area contributed by atoms with Crippen LogP contribution in [0.2, 0.25) is 6.04 Å². The van der Waals surface area contributed by atoms with Gasteiger partial charge >= 0.3 is 0 Å². The van der Waals surface area contributed by atoms with Gasteiger partial charge in [-0.3, -0.25) is 0 Å². The molecular weight excluding hydrogens is 156 g/mol. The van der Waals surface area contributed by atoms with Crippen LogP contribution >= 0.6 is 0 Å². The Hall–Kier alpha value is -0.123. The number of rotatable bonds is 7. The summed E-state index contributed by atoms with van der Waals surface area (Å²) in [7, 11) is 0.544. The number of hydrogen-bond acceptors (Lipinski definition) is 2. The quantitative estimate of drug-likeness (QED) is 0.330. The van der Waals surface area contributed by atoms with Gasteiger partial charge < -0.3 is 9.16 Å². The largest absolute Gasteiger partial charge is 0.415 e. The van der Waals surface area contributed by atoms with Gasteiger partial charge in [-0.25, -0.2) is 0 Å². The maximum Gasteiger partial charge on any atom is 0.234 e. The van der Waals surface area contributed by atoms with Crippen LogP contribution in [0.4, 0.5) is 0 Å². The molecule has 11 heavy (non-hydrogen) atoms. The van der Waals surface area contributed by atoms with Crippen molar-refractivity contribution in [1.82, 2.24) is 0 Å². The summed E-state index contributed by atoms with van der Waals surface area (Å²) in [6.07, 6.45) is 0. The first-order valence-electron chi connectivity index (χ1n) is 3.84. The van der Waals surface area contributed by atoms with Gasteiger partial charge in [-0.1, -0.05) is 5.57 Å². The molecule has 0 aliphatic rings. The lowest BCUT2D eigenvalue weighted by molar-refractivity contribution is 0.112. The smallest absolute Gasteiger partial charge is 0.234 e. The van der Waals surface area contributed by atoms with Crippen LogP contribution in [0, 0.1) is 0 Å². The molecule has 0 bridgehead atoms. The lowest BCUT2D eigenvalue weighted by Crippen LogP contribution is -2.06. The molecule has 0 aliphatic heterocycles. The van der Waals surface area contributed by atoms with Crippen LogP contribution in [0.15, 0.2) is 12.2 Å². The summed E-state index contributed by atoms with van der Waals surface area (Å²) < 4.78 is 10.4. The van der Waals surface area contributed by atoms with Gasteiger partial charge in [0.25, 0.3) is 0 Å². The van der Waals surface area contributed by atoms with Crippen molar-refractivity contribution in [2.45, 2.75) is 19.9 Å². The van der Waals surface area contributed by atoms with E-state index in [0.717, 1.165) is 12.7 Å². The summed E-state index contributed by atoms with van der Waals surface area (Å²) in [5, 5.41) is 0. The molecule has 0 aromatic rings. The molecule has 0 saturated carbocycles. The SMILES string of the molecule is C=C(C)C[Si]OCCOCC. The standard InChI is InChI=1S/C8H16O2Si/c1-4-9-5-6-10-11-7-8(2)3/h2,4-7H2,1,3H3. The summed E-state index contributed by atoms with van der Waals surface area (Å²) in [6.45, 7) is 9.97. The minimum absolute atomic E-state index is 0.544. The van der Waals surface area contributed by atoms with Crippen LogP contribution in [-0.2, 0) is 9.16 Å². The molecule has 0 heterocycles. The summed E-state index contributed by atoms with van der Waals surface area (Å²) in [5.41, 5.74) is 1.18. The third-order valence-electron chi connectivity index (χ3n) is 1.01. The Bertz CT molecular complexity index is 104. The van der Waals surface area contributed by atoms with Crippen LogP contribution in [0.3, 0.4) is 0 Å². The Morgan fingerprint density at radius 2 is 2.18 bits per heavy atom. The van der Waals surface area contributed by atoms with Crippen molar-refractivity contribution in [3.8, 4) is 0 Å². The molecule has 0 aliphatic carbocycles. The van der Waals surface area contributed by atoms with Crippen LogP contribution in [0.25, 0.3) is 0 Å². The highest BCUT2D eigenvalue weighted by Gasteiger charge is 1.91. The van der Waals surface area contributed by atoms with Crippen molar-refractivity contribution in [1.29, 1.82) is 0 Å². The minimum atomic E-state index is 0.544. The Morgan fingerprint density at radius 3 is 2.73 bits per heavy atom. The third kappa shape index (κ3) is 9.88. The van der Waals surface area contributed by atoms with Gasteiger partial charge in [0.15, 0.2) is 0 Å². The second kappa shape index (κ2) is 7.98. The highest BCUT2D eigenvalue weighted by atomic mass is 28.2. The Morgan fingerprint density at radius 1 is 1.45 bits per heavy atom. The van der Waals surface area contributed by atoms with Gasteiger partial charge in [-0.2, -0.15) is 0 Å². The molecule has 0 fully saturated rings. The zero-order chi connectivity index (χ0) is 8.53. The predicted molar refractivity (Wildman–Crippen MR) is 47.8 cm³/mol. The van der Waals surface area contributed by atoms with Crippen molar-refractivity contribution in [3.05, 3.63) is 12.2 Å². The van der Waals surface area contributed by atoms with Crippen molar-refractivity contribution in [2.75, 3.05) is 19.8 Å². The number of allylic oxidation sites excluding steroid dienone is 1. The van der Waals surface area contributed by atoms with Crippen LogP contribution in [0.5, 0.6) is 0 Å². The van der Waals surface area contributed by atoms with Crippen LogP contribution in [-0.4, -0.2) is 29.6 Å². The van der Waals surface area contributed by atoms with E-state index in [1.807, 2.05) is 13.8 Å². The zero-order valence-electron chi connectivity index (χ0n) is 7.35. The monoisotopic (exact) mass is 172 g/mol. The van der Waals surface area contributed by atoms with E-state index in [1.165, 1.54) is 5.57 Å². The van der Waals surface area contributed by atoms with Crippen molar-refractivity contribution >= 4 is 9.76 Å². The maximum absolute atomic E-state index is 5.29. The highest BCUT2D eigenvalue weighted by molar-refractivity contribution is 6.28. The Kier molecular flexibility index (Phi) is 7.89. The molecule has 0 aromatic heterocycles. The molecule has 0 saturated heterocycles. The van der Waals surface area contributed by atoms with Gasteiger partial charge in [-0.15, -0.1) is 6.58 Å². The summed E-state index contributed by atoms with van der Waals surface area (Å²) >= 11 is 0. The molecule has 0 rings (SSSR count). The lowest BCUT2D eigenvalue weighted by atomic mass is 10.4. The molecule has 0 N–H and O–H groups in total. The molecule has 2 radical (unpaired) electrons. The summed E-state index contributed by atoms with van der Waals surface area (Å²) in [5.74, 6) is 0. The Balaban J connectivity index is 2.85. The van der Waals surface area contributed by atoms with Gasteiger partial charge in [0.1, 0.15) is 0 Å². The molecular formula is C8H16O2Si. The fourth-order valence-corrected chi connectivity index (χ4v) is 1.07. The fourth-order valence-electron chi connectivity index (χ4n) is 0.491. The van der Waals surface area contributed by atoms with Crippen LogP contribution < -0.4 is 0 Å². The molecule has 0 unspecified atom stereocenters. The fraction of sp³-hybridized carbons (Fsp3) is 0.750. The molecule has 0 aromatic carbocycles. The molecule has 0 spiro atoms. The topological polar surface area (TPSA) is 18.5 Å². The third-order valence-corrected chi connectivity index (χ3v) is 2.17. The van der Waals surface area contributed by atoms with Crippen molar-refractivity contribution in [2.24, 2.45) is 0 Å². The second-order valence-electron chi connectivity index (χ2n) is 2.32. The molecule has 64 valence electrons. The Labute approximate surface area is 71.5 Å². The second-order valence-corrected chi connectivity index (χ2v) is 3.25. The number of hydrogen-bond donors (Lipinski definition) is 0. The van der Waals surface area contributed by atoms with E-state index in [2.05, 4.69) is 6.58 Å². The van der Waals surface area contributed by atoms with Gasteiger partial charge in [0.05, 0.1) is 13.2 Å². The molecule has 0 amide bonds. The van der Waals surface area contributed by atoms with Gasteiger partial charge in [0, 0.05) is 6.61 Å². The molecule has 3 heteroatoms. The van der Waals surface area contributed by atoms with Gasteiger partial charge in [-0.05, 0) is 19.9 Å². The highest BCUT2D eigenvalue weighted by Crippen LogP contribution is 1.94. The van der Waals surface area contributed by atoms with E-state index in [0.29, 0.717) is 23.0 Å². The molecule has 2 nitrogen and oxygen atoms in total. The van der Waals surface area contributed by atoms with E-state index in [-0.39, 0.29) is 0 Å². The van der Waals surface area contributed by atoms with E-state index in [9.17, 15) is 0 Å². The van der Waals surface area contributed by atoms with Gasteiger partial charge in [0.2, 0.25) is 9.76 Å². The van der Waals surface area contributed by atoms with E-state index in [4.69, 9.17) is 9.16 Å². The van der Waals surface area contributed by atoms with Crippen LogP contribution in [0.1, 0.15) is 13.8 Å². The zero-order valence-corrected chi connectivity index (χ0v) is 8.35. The summed E-state index contributed by atoms with van der Waals surface area (Å²) in [4.78, 5) is 0. The first-order chi connectivity index (χ1) is 5.27. The summed E-state index contributed by atoms with van der Waals surface area (Å²) in [6, 6.07) is 0.978. The predicted octanol–water partition coefficient (Wildman–Crippen LogP) is 1.65. The maximum atomic E-state index is 5.29. The first kappa shape index (κ1) is 10.9. The average molecular weight is 172 g/mol. The van der Waals surface area contributed by atoms with E-state index >= 15 is 0 Å². The van der Waals surface area contributed by atoms with E-state index < -0.39 is 0 Å². The lowest BCUT2D eigenvalue weighted by Gasteiger charge is -2.01. The van der Waals surface area contributed by atoms with Crippen molar-refractivity contribution in [3.63, 3.8) is 0 Å². The number of ether oxygens (including phenoxy) is 1. The average Bonchev–Trinajstić information content (AvgIpc) is 1.96. The normalized spacial score (nSPS) is 10.0. The van der Waals surface area contributed by atoms with Crippen molar-refractivity contribution < 1.29 is 9.16 Å².